The van der Waals surface area contributed by atoms with Crippen LogP contribution >= 0.6 is 11.6 Å². The Hall–Kier alpha value is -2.17. The molecule has 0 saturated carbocycles. The molecule has 118 valence electrons. The molecule has 23 heavy (non-hydrogen) atoms. The number of nitrogens with zero attached hydrogens (tertiary/aromatic N) is 1. The summed E-state index contributed by atoms with van der Waals surface area (Å²) in [6.45, 7) is 4.01. The van der Waals surface area contributed by atoms with Crippen LogP contribution in [0.1, 0.15) is 37.3 Å². The zero-order valence-electron chi connectivity index (χ0n) is 13.0. The first-order valence-corrected chi connectivity index (χ1v) is 7.93. The van der Waals surface area contributed by atoms with Gasteiger partial charge in [-0.15, -0.1) is 0 Å². The maximum Gasteiger partial charge on any atom is 0.258 e. The van der Waals surface area contributed by atoms with Crippen molar-refractivity contribution in [3.63, 3.8) is 0 Å². The highest BCUT2D eigenvalue weighted by atomic mass is 35.5. The molecule has 0 aliphatic heterocycles. The van der Waals surface area contributed by atoms with Gasteiger partial charge in [0, 0.05) is 11.1 Å². The van der Waals surface area contributed by atoms with Crippen LogP contribution in [-0.4, -0.2) is 9.97 Å². The average Bonchev–Trinajstić information content (AvgIpc) is 2.55. The van der Waals surface area contributed by atoms with E-state index in [9.17, 15) is 4.79 Å². The summed E-state index contributed by atoms with van der Waals surface area (Å²) in [5.74, 6) is 0.618. The molecule has 3 rings (SSSR count). The molecule has 0 unspecified atom stereocenters. The van der Waals surface area contributed by atoms with Crippen LogP contribution in [-0.2, 0) is 0 Å². The zero-order valence-corrected chi connectivity index (χ0v) is 13.8. The third-order valence-corrected chi connectivity index (χ3v) is 4.26. The van der Waals surface area contributed by atoms with Crippen LogP contribution in [0.25, 0.3) is 10.9 Å². The fourth-order valence-corrected chi connectivity index (χ4v) is 2.98. The number of hydrogen-bond acceptors (Lipinski definition) is 3. The van der Waals surface area contributed by atoms with Gasteiger partial charge in [-0.1, -0.05) is 41.9 Å². The quantitative estimate of drug-likeness (QED) is 0.761. The number of aromatic nitrogens is 2. The van der Waals surface area contributed by atoms with Crippen molar-refractivity contribution >= 4 is 22.5 Å². The van der Waals surface area contributed by atoms with Crippen molar-refractivity contribution in [2.45, 2.75) is 25.9 Å². The van der Waals surface area contributed by atoms with E-state index in [-0.39, 0.29) is 17.6 Å². The normalized spacial score (nSPS) is 13.9. The Labute approximate surface area is 139 Å². The summed E-state index contributed by atoms with van der Waals surface area (Å²) in [4.78, 5) is 19.6. The number of aromatic amines is 1. The number of hydrogen-bond donors (Lipinski definition) is 2. The maximum absolute atomic E-state index is 12.2. The molecule has 2 atom stereocenters. The monoisotopic (exact) mass is 327 g/mol. The van der Waals surface area contributed by atoms with E-state index in [0.29, 0.717) is 16.7 Å². The number of rotatable bonds is 4. The van der Waals surface area contributed by atoms with Crippen molar-refractivity contribution in [2.24, 2.45) is 0 Å². The lowest BCUT2D eigenvalue weighted by Crippen LogP contribution is -2.26. The molecule has 2 N–H and O–H groups in total. The molecule has 0 spiro atoms. The van der Waals surface area contributed by atoms with Gasteiger partial charge in [0.05, 0.1) is 16.9 Å². The van der Waals surface area contributed by atoms with E-state index >= 15 is 0 Å². The fraction of sp³-hybridized carbons (Fsp3) is 0.222. The molecule has 0 radical (unpaired) electrons. The molecule has 2 aromatic carbocycles. The van der Waals surface area contributed by atoms with Gasteiger partial charge in [0.25, 0.3) is 5.56 Å². The lowest BCUT2D eigenvalue weighted by Gasteiger charge is -2.20. The predicted octanol–water partition coefficient (Wildman–Crippen LogP) is 3.99. The Balaban J connectivity index is 1.87. The van der Waals surface area contributed by atoms with Crippen LogP contribution in [0.4, 0.5) is 0 Å². The van der Waals surface area contributed by atoms with E-state index in [0.717, 1.165) is 10.6 Å². The molecule has 5 heteroatoms. The summed E-state index contributed by atoms with van der Waals surface area (Å²) >= 11 is 6.24. The number of H-pyrrole nitrogens is 1. The Morgan fingerprint density at radius 1 is 1.04 bits per heavy atom. The van der Waals surface area contributed by atoms with Crippen molar-refractivity contribution in [1.29, 1.82) is 0 Å². The Morgan fingerprint density at radius 2 is 1.74 bits per heavy atom. The van der Waals surface area contributed by atoms with E-state index in [1.807, 2.05) is 56.3 Å². The van der Waals surface area contributed by atoms with Crippen molar-refractivity contribution < 1.29 is 0 Å². The number of benzene rings is 2. The molecule has 1 aromatic heterocycles. The van der Waals surface area contributed by atoms with Gasteiger partial charge in [0.1, 0.15) is 5.82 Å². The summed E-state index contributed by atoms with van der Waals surface area (Å²) in [5, 5.41) is 4.75. The van der Waals surface area contributed by atoms with E-state index < -0.39 is 0 Å². The standard InChI is InChI=1S/C18H18ClN3O/c1-11(13-7-3-5-9-15(13)19)20-12(2)17-21-16-10-6-4-8-14(16)18(23)22-17/h3-12,20H,1-2H3,(H,21,22,23)/t11-,12-/m0/s1. The van der Waals surface area contributed by atoms with Crippen LogP contribution in [0.3, 0.4) is 0 Å². The van der Waals surface area contributed by atoms with E-state index in [1.54, 1.807) is 6.07 Å². The minimum absolute atomic E-state index is 0.0375. The molecular weight excluding hydrogens is 310 g/mol. The molecule has 0 aliphatic rings. The molecule has 4 nitrogen and oxygen atoms in total. The van der Waals surface area contributed by atoms with Crippen LogP contribution < -0.4 is 10.9 Å². The van der Waals surface area contributed by atoms with Gasteiger partial charge in [0.15, 0.2) is 0 Å². The molecule has 3 aromatic rings. The lowest BCUT2D eigenvalue weighted by atomic mass is 10.1. The zero-order chi connectivity index (χ0) is 16.4. The Morgan fingerprint density at radius 3 is 2.52 bits per heavy atom. The topological polar surface area (TPSA) is 57.8 Å². The minimum Gasteiger partial charge on any atom is -0.309 e. The molecule has 0 aliphatic carbocycles. The van der Waals surface area contributed by atoms with E-state index in [2.05, 4.69) is 15.3 Å². The SMILES string of the molecule is C[C@H](N[C@@H](C)c1ccccc1Cl)c1nc2ccccc2c(=O)[nH]1. The van der Waals surface area contributed by atoms with Crippen molar-refractivity contribution in [3.8, 4) is 0 Å². The first kappa shape index (κ1) is 15.7. The Bertz CT molecular complexity index is 891. The summed E-state index contributed by atoms with van der Waals surface area (Å²) in [6, 6.07) is 15.0. The second kappa shape index (κ2) is 6.52. The predicted molar refractivity (Wildman–Crippen MR) is 93.8 cm³/mol. The van der Waals surface area contributed by atoms with Crippen LogP contribution in [0.5, 0.6) is 0 Å². The first-order chi connectivity index (χ1) is 11.1. The molecule has 0 saturated heterocycles. The van der Waals surface area contributed by atoms with Gasteiger partial charge in [-0.25, -0.2) is 4.98 Å². The van der Waals surface area contributed by atoms with Gasteiger partial charge in [-0.05, 0) is 37.6 Å². The van der Waals surface area contributed by atoms with Crippen molar-refractivity contribution in [2.75, 3.05) is 0 Å². The van der Waals surface area contributed by atoms with Crippen LogP contribution in [0.2, 0.25) is 5.02 Å². The van der Waals surface area contributed by atoms with Crippen LogP contribution in [0, 0.1) is 0 Å². The highest BCUT2D eigenvalue weighted by Crippen LogP contribution is 2.24. The highest BCUT2D eigenvalue weighted by molar-refractivity contribution is 6.31. The third-order valence-electron chi connectivity index (χ3n) is 3.91. The molecule has 0 amide bonds. The smallest absolute Gasteiger partial charge is 0.258 e. The largest absolute Gasteiger partial charge is 0.309 e. The third kappa shape index (κ3) is 3.28. The van der Waals surface area contributed by atoms with Gasteiger partial charge >= 0.3 is 0 Å². The fourth-order valence-electron chi connectivity index (χ4n) is 2.68. The average molecular weight is 328 g/mol. The second-order valence-corrected chi connectivity index (χ2v) is 6.01. The number of halogens is 1. The van der Waals surface area contributed by atoms with Gasteiger partial charge in [-0.3, -0.25) is 4.79 Å². The molecule has 0 bridgehead atoms. The number of para-hydroxylation sites is 1. The van der Waals surface area contributed by atoms with E-state index in [4.69, 9.17) is 11.6 Å². The van der Waals surface area contributed by atoms with E-state index in [1.165, 1.54) is 0 Å². The molecular formula is C18H18ClN3O. The molecule has 1 heterocycles. The van der Waals surface area contributed by atoms with Gasteiger partial charge < -0.3 is 10.3 Å². The first-order valence-electron chi connectivity index (χ1n) is 7.55. The summed E-state index contributed by atoms with van der Waals surface area (Å²) in [6.07, 6.45) is 0. The van der Waals surface area contributed by atoms with Crippen LogP contribution in [0.15, 0.2) is 53.3 Å². The maximum atomic E-state index is 12.2. The lowest BCUT2D eigenvalue weighted by molar-refractivity contribution is 0.477. The van der Waals surface area contributed by atoms with Gasteiger partial charge in [-0.2, -0.15) is 0 Å². The summed E-state index contributed by atoms with van der Waals surface area (Å²) in [5.41, 5.74) is 1.60. The van der Waals surface area contributed by atoms with Crippen molar-refractivity contribution in [1.82, 2.24) is 15.3 Å². The summed E-state index contributed by atoms with van der Waals surface area (Å²) in [7, 11) is 0. The summed E-state index contributed by atoms with van der Waals surface area (Å²) < 4.78 is 0. The molecule has 0 fully saturated rings. The highest BCUT2D eigenvalue weighted by Gasteiger charge is 2.15. The minimum atomic E-state index is -0.121. The van der Waals surface area contributed by atoms with Gasteiger partial charge in [0.2, 0.25) is 0 Å². The second-order valence-electron chi connectivity index (χ2n) is 5.60. The van der Waals surface area contributed by atoms with Crippen molar-refractivity contribution in [3.05, 3.63) is 75.3 Å². The number of fused-ring (bicyclic) bond motifs is 1. The number of nitrogens with one attached hydrogen (secondary N) is 2. The Kier molecular flexibility index (Phi) is 4.46.